The highest BCUT2D eigenvalue weighted by molar-refractivity contribution is 6.44. The molecule has 1 unspecified atom stereocenters. The fraction of sp³-hybridized carbons (Fsp3) is 0.406. The van der Waals surface area contributed by atoms with Crippen LogP contribution in [0.25, 0.3) is 6.08 Å². The molecule has 11 nitrogen and oxygen atoms in total. The summed E-state index contributed by atoms with van der Waals surface area (Å²) >= 11 is 0. The second kappa shape index (κ2) is 15.2. The van der Waals surface area contributed by atoms with E-state index in [4.69, 9.17) is 9.57 Å². The Morgan fingerprint density at radius 1 is 0.953 bits per heavy atom. The van der Waals surface area contributed by atoms with E-state index in [0.717, 1.165) is 23.3 Å². The summed E-state index contributed by atoms with van der Waals surface area (Å²) in [6, 6.07) is 17.3. The predicted molar refractivity (Wildman–Crippen MR) is 157 cm³/mol. The molecule has 2 saturated heterocycles. The maximum absolute atomic E-state index is 13.7. The number of allylic oxidation sites excluding steroid dienone is 1. The van der Waals surface area contributed by atoms with E-state index in [-0.39, 0.29) is 25.3 Å². The molecule has 2 aliphatic heterocycles. The molecule has 0 spiro atoms. The number of hydrazine groups is 1. The maximum Gasteiger partial charge on any atom is 0.353 e. The molecule has 0 aliphatic carbocycles. The van der Waals surface area contributed by atoms with Crippen LogP contribution in [0, 0.1) is 17.8 Å². The SMILES string of the molecule is CC(C)C[C@@H](C(=O)NN1C(=O)C(=O)N(Cc2ccccc2)C1=O)[C@H](CC=Cc1ccccc1)C(=O)NOC1CCCCO1. The molecule has 2 N–H and O–H groups in total. The molecule has 0 radical (unpaired) electrons. The zero-order valence-electron chi connectivity index (χ0n) is 24.4. The standard InChI is InChI=1S/C32H38N4O7/c1-22(2)20-26(28(37)33-36-31(40)30(39)35(32(36)41)21-24-14-7-4-8-15-24)25(17-11-16-23-12-5-3-6-13-23)29(38)34-43-27-18-9-10-19-42-27/h3-8,11-16,22,25-27H,9-10,17-21H2,1-2H3,(H,33,37)(H,34,38)/t25-,26+,27?/m0/s1. The Labute approximate surface area is 251 Å². The van der Waals surface area contributed by atoms with Crippen LogP contribution in [0.1, 0.15) is 57.1 Å². The smallest absolute Gasteiger partial charge is 0.350 e. The molecule has 4 rings (SSSR count). The van der Waals surface area contributed by atoms with Crippen LogP contribution >= 0.6 is 0 Å². The number of amides is 6. The van der Waals surface area contributed by atoms with Crippen molar-refractivity contribution in [2.24, 2.45) is 17.8 Å². The number of ether oxygens (including phenoxy) is 1. The second-order valence-electron chi connectivity index (χ2n) is 11.0. The molecule has 2 aliphatic rings. The van der Waals surface area contributed by atoms with Gasteiger partial charge >= 0.3 is 17.8 Å². The van der Waals surface area contributed by atoms with E-state index in [1.54, 1.807) is 36.4 Å². The summed E-state index contributed by atoms with van der Waals surface area (Å²) in [6.07, 6.45) is 5.94. The topological polar surface area (TPSA) is 134 Å². The van der Waals surface area contributed by atoms with Crippen molar-refractivity contribution >= 4 is 35.7 Å². The van der Waals surface area contributed by atoms with Gasteiger partial charge in [-0.3, -0.25) is 24.6 Å². The van der Waals surface area contributed by atoms with Gasteiger partial charge in [-0.05, 0) is 42.7 Å². The van der Waals surface area contributed by atoms with Crippen LogP contribution in [0.4, 0.5) is 4.79 Å². The quantitative estimate of drug-likeness (QED) is 0.205. The Morgan fingerprint density at radius 2 is 1.65 bits per heavy atom. The molecule has 3 atom stereocenters. The van der Waals surface area contributed by atoms with Crippen LogP contribution in [0.15, 0.2) is 66.7 Å². The van der Waals surface area contributed by atoms with Crippen LogP contribution in [0.5, 0.6) is 0 Å². The van der Waals surface area contributed by atoms with Crippen molar-refractivity contribution in [1.82, 2.24) is 20.8 Å². The van der Waals surface area contributed by atoms with Gasteiger partial charge in [0.05, 0.1) is 18.4 Å². The van der Waals surface area contributed by atoms with Crippen molar-refractivity contribution in [2.75, 3.05) is 6.61 Å². The van der Waals surface area contributed by atoms with Crippen molar-refractivity contribution in [2.45, 2.75) is 58.8 Å². The first kappa shape index (κ1) is 31.6. The molecule has 228 valence electrons. The van der Waals surface area contributed by atoms with E-state index in [1.807, 2.05) is 50.3 Å². The lowest BCUT2D eigenvalue weighted by Crippen LogP contribution is -2.52. The van der Waals surface area contributed by atoms with Crippen LogP contribution in [0.2, 0.25) is 0 Å². The van der Waals surface area contributed by atoms with Crippen LogP contribution in [0.3, 0.4) is 0 Å². The molecule has 43 heavy (non-hydrogen) atoms. The van der Waals surface area contributed by atoms with E-state index in [2.05, 4.69) is 10.9 Å². The van der Waals surface area contributed by atoms with Gasteiger partial charge in [-0.25, -0.2) is 20.0 Å². The molecular formula is C32H38N4O7. The number of nitrogens with one attached hydrogen (secondary N) is 2. The number of carbonyl (C=O) groups is 5. The van der Waals surface area contributed by atoms with Gasteiger partial charge in [-0.1, -0.05) is 86.7 Å². The number of hydrogen-bond donors (Lipinski definition) is 2. The number of carbonyl (C=O) groups excluding carboxylic acids is 5. The Kier molecular flexibility index (Phi) is 11.2. The number of urea groups is 1. The molecule has 0 saturated carbocycles. The minimum Gasteiger partial charge on any atom is -0.350 e. The van der Waals surface area contributed by atoms with Gasteiger partial charge < -0.3 is 4.74 Å². The van der Waals surface area contributed by atoms with Crippen LogP contribution in [-0.4, -0.2) is 52.5 Å². The molecule has 2 fully saturated rings. The van der Waals surface area contributed by atoms with Crippen molar-refractivity contribution in [3.05, 3.63) is 77.9 Å². The average molecular weight is 591 g/mol. The summed E-state index contributed by atoms with van der Waals surface area (Å²) in [5.41, 5.74) is 6.38. The molecule has 2 aromatic carbocycles. The van der Waals surface area contributed by atoms with Gasteiger partial charge in [-0.2, -0.15) is 5.01 Å². The molecule has 2 aromatic rings. The number of hydroxylamine groups is 1. The number of nitrogens with zero attached hydrogens (tertiary/aromatic N) is 2. The Hall–Kier alpha value is -4.35. The third kappa shape index (κ3) is 8.59. The monoisotopic (exact) mass is 590 g/mol. The van der Waals surface area contributed by atoms with E-state index in [1.165, 1.54) is 0 Å². The zero-order valence-corrected chi connectivity index (χ0v) is 24.4. The summed E-state index contributed by atoms with van der Waals surface area (Å²) in [5.74, 6) is -5.38. The van der Waals surface area contributed by atoms with Gasteiger partial charge in [-0.15, -0.1) is 0 Å². The van der Waals surface area contributed by atoms with E-state index >= 15 is 0 Å². The van der Waals surface area contributed by atoms with Crippen molar-refractivity contribution < 1.29 is 33.5 Å². The Balaban J connectivity index is 1.52. The van der Waals surface area contributed by atoms with Crippen molar-refractivity contribution in [3.8, 4) is 0 Å². The largest absolute Gasteiger partial charge is 0.353 e. The first-order valence-electron chi connectivity index (χ1n) is 14.6. The minimum absolute atomic E-state index is 0.0204. The lowest BCUT2D eigenvalue weighted by molar-refractivity contribution is -0.203. The highest BCUT2D eigenvalue weighted by Gasteiger charge is 2.47. The molecular weight excluding hydrogens is 552 g/mol. The highest BCUT2D eigenvalue weighted by Crippen LogP contribution is 2.27. The second-order valence-corrected chi connectivity index (χ2v) is 11.0. The first-order valence-corrected chi connectivity index (χ1v) is 14.6. The van der Waals surface area contributed by atoms with E-state index < -0.39 is 47.8 Å². The number of hydrogen-bond acceptors (Lipinski definition) is 7. The number of rotatable bonds is 13. The molecule has 0 aromatic heterocycles. The van der Waals surface area contributed by atoms with Gasteiger partial charge in [0.25, 0.3) is 0 Å². The lowest BCUT2D eigenvalue weighted by Gasteiger charge is -2.28. The summed E-state index contributed by atoms with van der Waals surface area (Å²) < 4.78 is 5.55. The Morgan fingerprint density at radius 3 is 2.30 bits per heavy atom. The van der Waals surface area contributed by atoms with Gasteiger partial charge in [0.1, 0.15) is 0 Å². The predicted octanol–water partition coefficient (Wildman–Crippen LogP) is 3.97. The summed E-state index contributed by atoms with van der Waals surface area (Å²) in [7, 11) is 0. The summed E-state index contributed by atoms with van der Waals surface area (Å²) in [4.78, 5) is 72.1. The van der Waals surface area contributed by atoms with Crippen LogP contribution < -0.4 is 10.9 Å². The lowest BCUT2D eigenvalue weighted by atomic mass is 9.82. The Bertz CT molecular complexity index is 1310. The third-order valence-corrected chi connectivity index (χ3v) is 7.27. The fourth-order valence-electron chi connectivity index (χ4n) is 5.04. The van der Waals surface area contributed by atoms with E-state index in [0.29, 0.717) is 23.6 Å². The average Bonchev–Trinajstić information content (AvgIpc) is 3.21. The van der Waals surface area contributed by atoms with E-state index in [9.17, 15) is 24.0 Å². The van der Waals surface area contributed by atoms with Gasteiger partial charge in [0, 0.05) is 13.0 Å². The third-order valence-electron chi connectivity index (χ3n) is 7.27. The molecule has 11 heteroatoms. The van der Waals surface area contributed by atoms with Gasteiger partial charge in [0.15, 0.2) is 6.29 Å². The molecule has 0 bridgehead atoms. The fourth-order valence-corrected chi connectivity index (χ4v) is 5.04. The molecule has 2 heterocycles. The van der Waals surface area contributed by atoms with Gasteiger partial charge in [0.2, 0.25) is 11.8 Å². The number of imide groups is 2. The van der Waals surface area contributed by atoms with Crippen molar-refractivity contribution in [3.63, 3.8) is 0 Å². The highest BCUT2D eigenvalue weighted by atomic mass is 16.8. The first-order chi connectivity index (χ1) is 20.7. The van der Waals surface area contributed by atoms with Crippen LogP contribution in [-0.2, 0) is 35.3 Å². The zero-order chi connectivity index (χ0) is 30.8. The number of benzene rings is 2. The summed E-state index contributed by atoms with van der Waals surface area (Å²) in [6.45, 7) is 4.21. The molecule has 6 amide bonds. The summed E-state index contributed by atoms with van der Waals surface area (Å²) in [5, 5.41) is 0.433. The maximum atomic E-state index is 13.7. The normalized spacial score (nSPS) is 18.8. The van der Waals surface area contributed by atoms with Crippen molar-refractivity contribution in [1.29, 1.82) is 0 Å². The minimum atomic E-state index is -1.17.